The molecule has 1 N–H and O–H groups in total. The van der Waals surface area contributed by atoms with Crippen LogP contribution in [0.1, 0.15) is 25.7 Å². The van der Waals surface area contributed by atoms with Crippen LogP contribution < -0.4 is 5.32 Å². The molecule has 0 heterocycles. The highest BCUT2D eigenvalue weighted by atomic mass is 32.2. The molecule has 6 heteroatoms. The third-order valence-corrected chi connectivity index (χ3v) is 3.87. The van der Waals surface area contributed by atoms with E-state index in [1.165, 1.54) is 25.7 Å². The number of nitrogens with one attached hydrogen (secondary N) is 1. The zero-order valence-electron chi connectivity index (χ0n) is 10.2. The molecule has 1 aliphatic rings. The van der Waals surface area contributed by atoms with Crippen molar-refractivity contribution in [2.24, 2.45) is 0 Å². The lowest BCUT2D eigenvalue weighted by molar-refractivity contribution is -0.0327. The molecule has 0 unspecified atom stereocenters. The highest BCUT2D eigenvalue weighted by molar-refractivity contribution is 8.00. The Labute approximate surface area is 105 Å². The van der Waals surface area contributed by atoms with Gasteiger partial charge in [0.2, 0.25) is 0 Å². The summed E-state index contributed by atoms with van der Waals surface area (Å²) in [5.74, 6) is 0.0939. The summed E-state index contributed by atoms with van der Waals surface area (Å²) >= 11 is 0.0416. The minimum atomic E-state index is -4.09. The van der Waals surface area contributed by atoms with Gasteiger partial charge in [-0.15, -0.1) is 0 Å². The third kappa shape index (κ3) is 7.16. The van der Waals surface area contributed by atoms with Gasteiger partial charge in [-0.25, -0.2) is 0 Å². The predicted octanol–water partition coefficient (Wildman–Crippen LogP) is 2.70. The van der Waals surface area contributed by atoms with Gasteiger partial charge in [0.05, 0.1) is 0 Å². The number of alkyl halides is 3. The van der Waals surface area contributed by atoms with Crippen molar-refractivity contribution >= 4 is 11.8 Å². The first-order valence-electron chi connectivity index (χ1n) is 6.10. The molecule has 1 aliphatic carbocycles. The number of halogens is 3. The Balaban J connectivity index is 1.93. The van der Waals surface area contributed by atoms with Gasteiger partial charge in [-0.05, 0) is 31.7 Å². The number of thioether (sulfide) groups is 1. The van der Waals surface area contributed by atoms with Crippen molar-refractivity contribution in [3.05, 3.63) is 0 Å². The normalized spacial score (nSPS) is 18.2. The fraction of sp³-hybridized carbons (Fsp3) is 1.00. The van der Waals surface area contributed by atoms with Crippen LogP contribution in [0.2, 0.25) is 0 Å². The van der Waals surface area contributed by atoms with Crippen LogP contribution in [0.25, 0.3) is 0 Å². The van der Waals surface area contributed by atoms with Crippen molar-refractivity contribution in [3.8, 4) is 0 Å². The molecule has 0 radical (unpaired) electrons. The number of rotatable bonds is 7. The minimum absolute atomic E-state index is 0.0416. The van der Waals surface area contributed by atoms with Crippen molar-refractivity contribution in [2.75, 3.05) is 32.4 Å². The molecule has 17 heavy (non-hydrogen) atoms. The van der Waals surface area contributed by atoms with E-state index in [4.69, 9.17) is 0 Å². The number of likely N-dealkylation sites (N-methyl/N-ethyl adjacent to an activating group) is 1. The fourth-order valence-electron chi connectivity index (χ4n) is 2.15. The Bertz CT molecular complexity index is 205. The van der Waals surface area contributed by atoms with Crippen molar-refractivity contribution in [1.29, 1.82) is 0 Å². The predicted molar refractivity (Wildman–Crippen MR) is 66.3 cm³/mol. The highest BCUT2D eigenvalue weighted by Crippen LogP contribution is 2.29. The van der Waals surface area contributed by atoms with E-state index in [2.05, 4.69) is 17.3 Å². The monoisotopic (exact) mass is 270 g/mol. The molecule has 102 valence electrons. The standard InChI is InChI=1S/C11H21F3N2S/c1-16(10-4-2-3-5-10)8-6-15-7-9-17-11(12,13)14/h10,15H,2-9H2,1H3. The van der Waals surface area contributed by atoms with Crippen molar-refractivity contribution in [2.45, 2.75) is 37.2 Å². The van der Waals surface area contributed by atoms with Gasteiger partial charge in [0, 0.05) is 31.4 Å². The summed E-state index contributed by atoms with van der Waals surface area (Å²) in [5.41, 5.74) is -4.09. The minimum Gasteiger partial charge on any atom is -0.315 e. The van der Waals surface area contributed by atoms with E-state index in [-0.39, 0.29) is 17.5 Å². The van der Waals surface area contributed by atoms with E-state index in [0.717, 1.165) is 13.1 Å². The second-order valence-corrected chi connectivity index (χ2v) is 5.62. The molecule has 2 nitrogen and oxygen atoms in total. The van der Waals surface area contributed by atoms with Gasteiger partial charge >= 0.3 is 5.51 Å². The second kappa shape index (κ2) is 7.48. The third-order valence-electron chi connectivity index (χ3n) is 3.13. The molecule has 1 rings (SSSR count). The van der Waals surface area contributed by atoms with Crippen LogP contribution >= 0.6 is 11.8 Å². The highest BCUT2D eigenvalue weighted by Gasteiger charge is 2.27. The second-order valence-electron chi connectivity index (χ2n) is 4.46. The van der Waals surface area contributed by atoms with E-state index in [1.807, 2.05) is 0 Å². The maximum atomic E-state index is 11.8. The number of hydrogen-bond donors (Lipinski definition) is 1. The molecule has 0 spiro atoms. The lowest BCUT2D eigenvalue weighted by Gasteiger charge is -2.23. The Hall–Kier alpha value is 0.0600. The SMILES string of the molecule is CN(CCNCCSC(F)(F)F)C1CCCC1. The summed E-state index contributed by atoms with van der Waals surface area (Å²) < 4.78 is 35.5. The molecule has 0 aromatic carbocycles. The summed E-state index contributed by atoms with van der Waals surface area (Å²) in [6.07, 6.45) is 5.15. The summed E-state index contributed by atoms with van der Waals surface area (Å²) in [4.78, 5) is 2.32. The zero-order valence-corrected chi connectivity index (χ0v) is 11.0. The zero-order chi connectivity index (χ0) is 12.7. The lowest BCUT2D eigenvalue weighted by atomic mass is 10.2. The summed E-state index contributed by atoms with van der Waals surface area (Å²) in [5, 5.41) is 3.05. The maximum absolute atomic E-state index is 11.8. The molecule has 0 aromatic rings. The molecule has 1 fully saturated rings. The Morgan fingerprint density at radius 3 is 2.47 bits per heavy atom. The van der Waals surface area contributed by atoms with Crippen molar-refractivity contribution in [1.82, 2.24) is 10.2 Å². The first kappa shape index (κ1) is 15.1. The molecule has 0 amide bonds. The topological polar surface area (TPSA) is 15.3 Å². The first-order valence-corrected chi connectivity index (χ1v) is 7.09. The van der Waals surface area contributed by atoms with Crippen LogP contribution in [0.15, 0.2) is 0 Å². The molecular weight excluding hydrogens is 249 g/mol. The van der Waals surface area contributed by atoms with Crippen molar-refractivity contribution in [3.63, 3.8) is 0 Å². The molecule has 0 saturated heterocycles. The van der Waals surface area contributed by atoms with Gasteiger partial charge in [0.25, 0.3) is 0 Å². The Morgan fingerprint density at radius 1 is 1.24 bits per heavy atom. The summed E-state index contributed by atoms with van der Waals surface area (Å²) in [7, 11) is 2.10. The van der Waals surface area contributed by atoms with Gasteiger partial charge < -0.3 is 10.2 Å². The molecular formula is C11H21F3N2S. The van der Waals surface area contributed by atoms with Crippen LogP contribution in [0, 0.1) is 0 Å². The van der Waals surface area contributed by atoms with Gasteiger partial charge in [0.1, 0.15) is 0 Å². The first-order chi connectivity index (χ1) is 7.99. The molecule has 0 bridgehead atoms. The van der Waals surface area contributed by atoms with E-state index in [0.29, 0.717) is 12.6 Å². The van der Waals surface area contributed by atoms with E-state index >= 15 is 0 Å². The fourth-order valence-corrected chi connectivity index (χ4v) is 2.62. The Kier molecular flexibility index (Phi) is 6.66. The van der Waals surface area contributed by atoms with E-state index in [9.17, 15) is 13.2 Å². The largest absolute Gasteiger partial charge is 0.441 e. The van der Waals surface area contributed by atoms with Gasteiger partial charge in [0.15, 0.2) is 0 Å². The lowest BCUT2D eigenvalue weighted by Crippen LogP contribution is -2.36. The molecule has 0 aromatic heterocycles. The van der Waals surface area contributed by atoms with Crippen LogP contribution in [-0.4, -0.2) is 48.9 Å². The van der Waals surface area contributed by atoms with E-state index in [1.54, 1.807) is 0 Å². The quantitative estimate of drug-likeness (QED) is 0.716. The number of nitrogens with zero attached hydrogens (tertiary/aromatic N) is 1. The Morgan fingerprint density at radius 2 is 1.88 bits per heavy atom. The molecule has 0 atom stereocenters. The molecule has 1 saturated carbocycles. The van der Waals surface area contributed by atoms with Crippen LogP contribution in [0.4, 0.5) is 13.2 Å². The average Bonchev–Trinajstić information content (AvgIpc) is 2.74. The van der Waals surface area contributed by atoms with Crippen LogP contribution in [0.5, 0.6) is 0 Å². The maximum Gasteiger partial charge on any atom is 0.441 e. The number of hydrogen-bond acceptors (Lipinski definition) is 3. The van der Waals surface area contributed by atoms with Gasteiger partial charge in [-0.3, -0.25) is 0 Å². The van der Waals surface area contributed by atoms with Gasteiger partial charge in [-0.1, -0.05) is 12.8 Å². The average molecular weight is 270 g/mol. The van der Waals surface area contributed by atoms with E-state index < -0.39 is 5.51 Å². The summed E-state index contributed by atoms with van der Waals surface area (Å²) in [6.45, 7) is 2.11. The van der Waals surface area contributed by atoms with Gasteiger partial charge in [-0.2, -0.15) is 13.2 Å². The molecule has 0 aliphatic heterocycles. The van der Waals surface area contributed by atoms with Crippen molar-refractivity contribution < 1.29 is 13.2 Å². The van der Waals surface area contributed by atoms with Crippen LogP contribution in [-0.2, 0) is 0 Å². The smallest absolute Gasteiger partial charge is 0.315 e. The van der Waals surface area contributed by atoms with Crippen LogP contribution in [0.3, 0.4) is 0 Å². The summed E-state index contributed by atoms with van der Waals surface area (Å²) in [6, 6.07) is 0.682.